The quantitative estimate of drug-likeness (QED) is 0.112. The Labute approximate surface area is 166 Å². The third-order valence-electron chi connectivity index (χ3n) is 3.14. The lowest BCUT2D eigenvalue weighted by Gasteiger charge is -2.32. The highest BCUT2D eigenvalue weighted by molar-refractivity contribution is 7.80. The molecule has 0 aliphatic heterocycles. The Morgan fingerprint density at radius 3 is 2.24 bits per heavy atom. The molecule has 1 unspecified atom stereocenters. The van der Waals surface area contributed by atoms with E-state index in [1.54, 1.807) is 0 Å². The summed E-state index contributed by atoms with van der Waals surface area (Å²) in [4.78, 5) is 22.3. The van der Waals surface area contributed by atoms with E-state index < -0.39 is 5.41 Å². The molecule has 0 spiro atoms. The van der Waals surface area contributed by atoms with Crippen LogP contribution in [-0.4, -0.2) is 62.7 Å². The van der Waals surface area contributed by atoms with Gasteiger partial charge in [-0.3, -0.25) is 9.59 Å². The summed E-state index contributed by atoms with van der Waals surface area (Å²) in [5.41, 5.74) is -0.816. The molecule has 0 radical (unpaired) electrons. The lowest BCUT2D eigenvalue weighted by Crippen LogP contribution is -2.42. The van der Waals surface area contributed by atoms with E-state index in [1.165, 1.54) is 0 Å². The van der Waals surface area contributed by atoms with Crippen molar-refractivity contribution in [2.45, 2.75) is 19.3 Å². The smallest absolute Gasteiger partial charge is 0.306 e. The predicted molar refractivity (Wildman–Crippen MR) is 107 cm³/mol. The Balaban J connectivity index is 4.93. The number of ether oxygens (including phenoxy) is 4. The van der Waals surface area contributed by atoms with Crippen LogP contribution in [0.5, 0.6) is 0 Å². The van der Waals surface area contributed by atoms with Crippen molar-refractivity contribution in [3.8, 4) is 0 Å². The summed E-state index contributed by atoms with van der Waals surface area (Å²) in [7, 11) is 0. The normalized spacial score (nSPS) is 12.9. The van der Waals surface area contributed by atoms with Crippen molar-refractivity contribution in [3.63, 3.8) is 0 Å². The minimum absolute atomic E-state index is 0.000313. The topological polar surface area (TPSA) is 71.1 Å². The van der Waals surface area contributed by atoms with Crippen LogP contribution < -0.4 is 0 Å². The van der Waals surface area contributed by atoms with Crippen LogP contribution in [0.2, 0.25) is 0 Å². The number of allylic oxidation sites excluding steroid dienone is 1. The van der Waals surface area contributed by atoms with Crippen LogP contribution in [0.25, 0.3) is 0 Å². The molecule has 0 rings (SSSR count). The van der Waals surface area contributed by atoms with Crippen molar-refractivity contribution < 1.29 is 28.5 Å². The van der Waals surface area contributed by atoms with Crippen molar-refractivity contribution in [2.75, 3.05) is 50.3 Å². The molecule has 0 fully saturated rings. The lowest BCUT2D eigenvalue weighted by molar-refractivity contribution is -0.156. The van der Waals surface area contributed by atoms with E-state index in [-0.39, 0.29) is 38.8 Å². The van der Waals surface area contributed by atoms with Gasteiger partial charge in [0, 0.05) is 18.8 Å². The highest BCUT2D eigenvalue weighted by Gasteiger charge is 2.35. The fourth-order valence-electron chi connectivity index (χ4n) is 1.77. The molecule has 0 amide bonds. The van der Waals surface area contributed by atoms with E-state index in [0.29, 0.717) is 42.5 Å². The van der Waals surface area contributed by atoms with Crippen LogP contribution >= 0.6 is 37.9 Å². The molecular formula is C16H28O6S3. The molecule has 146 valence electrons. The molecule has 0 aromatic heterocycles. The molecule has 0 saturated heterocycles. The maximum absolute atomic E-state index is 11.7. The number of carbonyl (C=O) groups is 2. The largest absolute Gasteiger partial charge is 0.498 e. The first-order chi connectivity index (χ1) is 12.0. The first-order valence-electron chi connectivity index (χ1n) is 7.95. The van der Waals surface area contributed by atoms with E-state index in [9.17, 15) is 9.59 Å². The summed E-state index contributed by atoms with van der Waals surface area (Å²) in [6, 6.07) is 0. The van der Waals surface area contributed by atoms with Gasteiger partial charge in [-0.1, -0.05) is 6.58 Å². The predicted octanol–water partition coefficient (Wildman–Crippen LogP) is 2.20. The second kappa shape index (κ2) is 15.7. The first kappa shape index (κ1) is 24.5. The molecule has 0 aliphatic carbocycles. The monoisotopic (exact) mass is 412 g/mol. The maximum Gasteiger partial charge on any atom is 0.306 e. The highest BCUT2D eigenvalue weighted by Crippen LogP contribution is 2.23. The molecule has 0 saturated carbocycles. The van der Waals surface area contributed by atoms with Gasteiger partial charge in [0.05, 0.1) is 24.2 Å². The Bertz CT molecular complexity index is 370. The van der Waals surface area contributed by atoms with E-state index in [4.69, 9.17) is 18.9 Å². The first-order valence-corrected chi connectivity index (χ1v) is 9.85. The van der Waals surface area contributed by atoms with Crippen LogP contribution in [0.4, 0.5) is 0 Å². The van der Waals surface area contributed by atoms with Crippen molar-refractivity contribution in [2.24, 2.45) is 5.41 Å². The Morgan fingerprint density at radius 1 is 0.960 bits per heavy atom. The molecule has 0 heterocycles. The molecule has 1 atom stereocenters. The van der Waals surface area contributed by atoms with Crippen LogP contribution in [-0.2, 0) is 28.5 Å². The Kier molecular flexibility index (Phi) is 15.4. The number of carbonyl (C=O) groups excluding carboxylic acids is 2. The second-order valence-corrected chi connectivity index (χ2v) is 6.81. The van der Waals surface area contributed by atoms with E-state index in [2.05, 4.69) is 44.5 Å². The van der Waals surface area contributed by atoms with E-state index >= 15 is 0 Å². The van der Waals surface area contributed by atoms with Gasteiger partial charge in [0.2, 0.25) is 0 Å². The maximum atomic E-state index is 11.7. The van der Waals surface area contributed by atoms with Gasteiger partial charge < -0.3 is 18.9 Å². The molecule has 0 aromatic carbocycles. The standard InChI is InChI=1S/C16H28O6S3/c1-14(3-7-24)21-11-16(10-20-13-17,9-19-5-2-6-23)12-22-15(18)4-8-25/h13,23-25H,1-12H2. The molecule has 0 N–H and O–H groups in total. The van der Waals surface area contributed by atoms with Gasteiger partial charge in [-0.05, 0) is 17.9 Å². The molecule has 0 aliphatic rings. The number of esters is 1. The fourth-order valence-corrected chi connectivity index (χ4v) is 2.33. The van der Waals surface area contributed by atoms with Gasteiger partial charge in [-0.25, -0.2) is 0 Å². The van der Waals surface area contributed by atoms with Gasteiger partial charge >= 0.3 is 5.97 Å². The molecule has 9 heteroatoms. The second-order valence-electron chi connectivity index (χ2n) is 5.47. The summed E-state index contributed by atoms with van der Waals surface area (Å²) in [5.74, 6) is 1.87. The SMILES string of the molecule is C=C(CCS)OCC(COC=O)(COCCCS)COC(=O)CCS. The fraction of sp³-hybridized carbons (Fsp3) is 0.750. The van der Waals surface area contributed by atoms with Crippen molar-refractivity contribution in [3.05, 3.63) is 12.3 Å². The van der Waals surface area contributed by atoms with Crippen LogP contribution in [0.1, 0.15) is 19.3 Å². The lowest BCUT2D eigenvalue weighted by atomic mass is 9.92. The molecule has 25 heavy (non-hydrogen) atoms. The summed E-state index contributed by atoms with van der Waals surface area (Å²) in [5, 5.41) is 0. The van der Waals surface area contributed by atoms with Crippen molar-refractivity contribution >= 4 is 50.3 Å². The summed E-state index contributed by atoms with van der Waals surface area (Å²) < 4.78 is 21.5. The number of rotatable bonds is 17. The summed E-state index contributed by atoms with van der Waals surface area (Å²) >= 11 is 12.3. The van der Waals surface area contributed by atoms with E-state index in [1.807, 2.05) is 0 Å². The Hall–Kier alpha value is -0.510. The van der Waals surface area contributed by atoms with Crippen LogP contribution in [0, 0.1) is 5.41 Å². The van der Waals surface area contributed by atoms with Crippen molar-refractivity contribution in [1.82, 2.24) is 0 Å². The summed E-state index contributed by atoms with van der Waals surface area (Å²) in [6.07, 6.45) is 1.57. The van der Waals surface area contributed by atoms with Crippen LogP contribution in [0.3, 0.4) is 0 Å². The van der Waals surface area contributed by atoms with Gasteiger partial charge in [-0.15, -0.1) is 0 Å². The highest BCUT2D eigenvalue weighted by atomic mass is 32.1. The van der Waals surface area contributed by atoms with Gasteiger partial charge in [0.15, 0.2) is 0 Å². The van der Waals surface area contributed by atoms with Gasteiger partial charge in [0.1, 0.15) is 19.8 Å². The molecule has 0 bridgehead atoms. The molecule has 6 nitrogen and oxygen atoms in total. The number of thiol groups is 3. The minimum Gasteiger partial charge on any atom is -0.498 e. The average molecular weight is 413 g/mol. The zero-order chi connectivity index (χ0) is 19.0. The third kappa shape index (κ3) is 12.5. The minimum atomic E-state index is -0.816. The average Bonchev–Trinajstić information content (AvgIpc) is 2.60. The Morgan fingerprint density at radius 2 is 1.64 bits per heavy atom. The van der Waals surface area contributed by atoms with E-state index in [0.717, 1.165) is 6.42 Å². The third-order valence-corrected chi connectivity index (χ3v) is 3.90. The zero-order valence-electron chi connectivity index (χ0n) is 14.4. The molecule has 0 aromatic rings. The number of hydrogen-bond acceptors (Lipinski definition) is 9. The molecular weight excluding hydrogens is 384 g/mol. The zero-order valence-corrected chi connectivity index (χ0v) is 17.0. The number of hydrogen-bond donors (Lipinski definition) is 3. The van der Waals surface area contributed by atoms with Gasteiger partial charge in [-0.2, -0.15) is 37.9 Å². The van der Waals surface area contributed by atoms with Crippen molar-refractivity contribution in [1.29, 1.82) is 0 Å². The van der Waals surface area contributed by atoms with Gasteiger partial charge in [0.25, 0.3) is 6.47 Å². The van der Waals surface area contributed by atoms with Crippen LogP contribution in [0.15, 0.2) is 12.3 Å². The summed E-state index contributed by atoms with van der Waals surface area (Å²) in [6.45, 7) is 5.00.